The maximum Gasteiger partial charge on any atom is 0.125 e. The van der Waals surface area contributed by atoms with Crippen molar-refractivity contribution in [2.24, 2.45) is 0 Å². The standard InChI is InChI=1S/C14H15Br2NOS/c1-9(17-2)13-4-3-10(15)6-14(13)18-7-12-5-11(16)8-19-12/h3-6,8-9,17H,7H2,1-2H3. The van der Waals surface area contributed by atoms with Crippen LogP contribution in [0.15, 0.2) is 38.6 Å². The molecule has 2 nitrogen and oxygen atoms in total. The fraction of sp³-hybridized carbons (Fsp3) is 0.286. The van der Waals surface area contributed by atoms with Crippen molar-refractivity contribution >= 4 is 43.2 Å². The molecule has 2 rings (SSSR count). The normalized spacial score (nSPS) is 12.4. The summed E-state index contributed by atoms with van der Waals surface area (Å²) in [6.45, 7) is 2.72. The van der Waals surface area contributed by atoms with Gasteiger partial charge in [-0.2, -0.15) is 0 Å². The molecule has 0 bridgehead atoms. The van der Waals surface area contributed by atoms with E-state index in [4.69, 9.17) is 4.74 Å². The first kappa shape index (κ1) is 15.0. The van der Waals surface area contributed by atoms with Gasteiger partial charge in [-0.1, -0.05) is 22.0 Å². The fourth-order valence-corrected chi connectivity index (χ4v) is 3.43. The molecule has 0 aliphatic carbocycles. The third kappa shape index (κ3) is 4.05. The van der Waals surface area contributed by atoms with Crippen molar-refractivity contribution < 1.29 is 4.74 Å². The van der Waals surface area contributed by atoms with Crippen LogP contribution in [0.2, 0.25) is 0 Å². The molecule has 102 valence electrons. The average molecular weight is 405 g/mol. The van der Waals surface area contributed by atoms with Crippen molar-refractivity contribution in [1.29, 1.82) is 0 Å². The molecule has 0 saturated heterocycles. The van der Waals surface area contributed by atoms with Gasteiger partial charge in [0.25, 0.3) is 0 Å². The van der Waals surface area contributed by atoms with Crippen LogP contribution in [0.5, 0.6) is 5.75 Å². The molecule has 1 unspecified atom stereocenters. The third-order valence-corrected chi connectivity index (χ3v) is 5.03. The van der Waals surface area contributed by atoms with E-state index in [2.05, 4.69) is 61.6 Å². The van der Waals surface area contributed by atoms with E-state index in [0.29, 0.717) is 6.61 Å². The Labute approximate surface area is 134 Å². The molecule has 2 aromatic rings. The summed E-state index contributed by atoms with van der Waals surface area (Å²) in [5.41, 5.74) is 1.17. The molecule has 19 heavy (non-hydrogen) atoms. The van der Waals surface area contributed by atoms with Gasteiger partial charge >= 0.3 is 0 Å². The quantitative estimate of drug-likeness (QED) is 0.745. The number of hydrogen-bond donors (Lipinski definition) is 1. The first-order valence-corrected chi connectivity index (χ1v) is 8.39. The summed E-state index contributed by atoms with van der Waals surface area (Å²) in [4.78, 5) is 1.20. The summed E-state index contributed by atoms with van der Waals surface area (Å²) >= 11 is 8.64. The SMILES string of the molecule is CNC(C)c1ccc(Br)cc1OCc1cc(Br)cs1. The van der Waals surface area contributed by atoms with Gasteiger partial charge in [0.05, 0.1) is 0 Å². The van der Waals surface area contributed by atoms with Crippen LogP contribution in [0.4, 0.5) is 0 Å². The zero-order valence-electron chi connectivity index (χ0n) is 10.7. The van der Waals surface area contributed by atoms with Crippen LogP contribution in [0.3, 0.4) is 0 Å². The van der Waals surface area contributed by atoms with E-state index < -0.39 is 0 Å². The lowest BCUT2D eigenvalue weighted by Gasteiger charge is -2.16. The monoisotopic (exact) mass is 403 g/mol. The summed E-state index contributed by atoms with van der Waals surface area (Å²) in [7, 11) is 1.95. The second-order valence-corrected chi connectivity index (χ2v) is 7.04. The van der Waals surface area contributed by atoms with Gasteiger partial charge in [0.2, 0.25) is 0 Å². The molecular formula is C14H15Br2NOS. The lowest BCUT2D eigenvalue weighted by atomic mass is 10.1. The second kappa shape index (κ2) is 6.88. The van der Waals surface area contributed by atoms with Crippen molar-refractivity contribution in [2.75, 3.05) is 7.05 Å². The fourth-order valence-electron chi connectivity index (χ4n) is 1.72. The van der Waals surface area contributed by atoms with Gasteiger partial charge in [-0.25, -0.2) is 0 Å². The first-order chi connectivity index (χ1) is 9.10. The van der Waals surface area contributed by atoms with E-state index >= 15 is 0 Å². The molecule has 1 aromatic heterocycles. The highest BCUT2D eigenvalue weighted by atomic mass is 79.9. The van der Waals surface area contributed by atoms with E-state index in [1.165, 1.54) is 10.4 Å². The smallest absolute Gasteiger partial charge is 0.125 e. The number of thiophene rings is 1. The van der Waals surface area contributed by atoms with Gasteiger partial charge in [0.15, 0.2) is 0 Å². The Hall–Kier alpha value is -0.360. The van der Waals surface area contributed by atoms with Crippen molar-refractivity contribution in [3.63, 3.8) is 0 Å². The van der Waals surface area contributed by atoms with Gasteiger partial charge in [-0.05, 0) is 48.1 Å². The maximum atomic E-state index is 5.96. The van der Waals surface area contributed by atoms with Crippen LogP contribution >= 0.6 is 43.2 Å². The van der Waals surface area contributed by atoms with Crippen molar-refractivity contribution in [1.82, 2.24) is 5.32 Å². The van der Waals surface area contributed by atoms with Crippen LogP contribution in [-0.2, 0) is 6.61 Å². The molecule has 1 heterocycles. The molecular weight excluding hydrogens is 390 g/mol. The minimum atomic E-state index is 0.262. The zero-order valence-corrected chi connectivity index (χ0v) is 14.7. The summed E-state index contributed by atoms with van der Waals surface area (Å²) in [6.07, 6.45) is 0. The van der Waals surface area contributed by atoms with Crippen LogP contribution < -0.4 is 10.1 Å². The Morgan fingerprint density at radius 3 is 2.68 bits per heavy atom. The minimum Gasteiger partial charge on any atom is -0.488 e. The molecule has 0 aliphatic heterocycles. The van der Waals surface area contributed by atoms with Gasteiger partial charge in [0, 0.05) is 30.8 Å². The molecule has 0 amide bonds. The molecule has 0 radical (unpaired) electrons. The van der Waals surface area contributed by atoms with Gasteiger partial charge in [-0.3, -0.25) is 0 Å². The Bertz CT molecular complexity index is 556. The molecule has 1 atom stereocenters. The summed E-state index contributed by atoms with van der Waals surface area (Å²) in [6, 6.07) is 8.50. The van der Waals surface area contributed by atoms with Crippen LogP contribution in [0.25, 0.3) is 0 Å². The van der Waals surface area contributed by atoms with E-state index in [-0.39, 0.29) is 6.04 Å². The third-order valence-electron chi connectivity index (χ3n) is 2.87. The van der Waals surface area contributed by atoms with E-state index in [9.17, 15) is 0 Å². The van der Waals surface area contributed by atoms with Gasteiger partial charge < -0.3 is 10.1 Å². The maximum absolute atomic E-state index is 5.96. The molecule has 1 N–H and O–H groups in total. The largest absolute Gasteiger partial charge is 0.488 e. The Kier molecular flexibility index (Phi) is 5.45. The summed E-state index contributed by atoms with van der Waals surface area (Å²) in [5.74, 6) is 0.917. The lowest BCUT2D eigenvalue weighted by molar-refractivity contribution is 0.303. The average Bonchev–Trinajstić information content (AvgIpc) is 2.81. The highest BCUT2D eigenvalue weighted by Crippen LogP contribution is 2.30. The molecule has 0 aliphatic rings. The lowest BCUT2D eigenvalue weighted by Crippen LogP contribution is -2.13. The molecule has 0 spiro atoms. The Balaban J connectivity index is 2.16. The number of ether oxygens (including phenoxy) is 1. The minimum absolute atomic E-state index is 0.262. The number of rotatable bonds is 5. The van der Waals surface area contributed by atoms with Crippen LogP contribution in [-0.4, -0.2) is 7.05 Å². The highest BCUT2D eigenvalue weighted by molar-refractivity contribution is 9.10. The second-order valence-electron chi connectivity index (χ2n) is 4.21. The van der Waals surface area contributed by atoms with Gasteiger partial charge in [0.1, 0.15) is 12.4 Å². The summed E-state index contributed by atoms with van der Waals surface area (Å²) in [5, 5.41) is 5.31. The molecule has 1 aromatic carbocycles. The van der Waals surface area contributed by atoms with Crippen molar-refractivity contribution in [2.45, 2.75) is 19.6 Å². The topological polar surface area (TPSA) is 21.3 Å². The van der Waals surface area contributed by atoms with Crippen molar-refractivity contribution in [3.8, 4) is 5.75 Å². The predicted octanol–water partition coefficient (Wildman–Crippen LogP) is 5.13. The Morgan fingerprint density at radius 1 is 1.26 bits per heavy atom. The summed E-state index contributed by atoms with van der Waals surface area (Å²) < 4.78 is 8.10. The van der Waals surface area contributed by atoms with E-state index in [1.54, 1.807) is 11.3 Å². The predicted molar refractivity (Wildman–Crippen MR) is 88.0 cm³/mol. The number of halogens is 2. The molecule has 5 heteroatoms. The number of nitrogens with one attached hydrogen (secondary N) is 1. The zero-order chi connectivity index (χ0) is 13.8. The van der Waals surface area contributed by atoms with E-state index in [1.807, 2.05) is 19.2 Å². The Morgan fingerprint density at radius 2 is 2.05 bits per heavy atom. The van der Waals surface area contributed by atoms with Crippen LogP contribution in [0.1, 0.15) is 23.4 Å². The number of benzene rings is 1. The molecule has 0 saturated carbocycles. The first-order valence-electron chi connectivity index (χ1n) is 5.92. The highest BCUT2D eigenvalue weighted by Gasteiger charge is 2.11. The van der Waals surface area contributed by atoms with E-state index in [0.717, 1.165) is 14.7 Å². The number of hydrogen-bond acceptors (Lipinski definition) is 3. The van der Waals surface area contributed by atoms with Crippen LogP contribution in [0, 0.1) is 0 Å². The molecule has 0 fully saturated rings. The van der Waals surface area contributed by atoms with Gasteiger partial charge in [-0.15, -0.1) is 11.3 Å². The van der Waals surface area contributed by atoms with Crippen molar-refractivity contribution in [3.05, 3.63) is 49.0 Å².